The molecule has 0 saturated carbocycles. The second-order valence-electron chi connectivity index (χ2n) is 5.76. The van der Waals surface area contributed by atoms with Crippen LogP contribution in [0.15, 0.2) is 42.5 Å². The minimum absolute atomic E-state index is 0.185. The van der Waals surface area contributed by atoms with E-state index < -0.39 is 0 Å². The molecule has 2 aromatic carbocycles. The highest BCUT2D eigenvalue weighted by atomic mass is 16.5. The maximum Gasteiger partial charge on any atom is 0.122 e. The van der Waals surface area contributed by atoms with Crippen molar-refractivity contribution >= 4 is 0 Å². The summed E-state index contributed by atoms with van der Waals surface area (Å²) in [6.45, 7) is 4.35. The van der Waals surface area contributed by atoms with Crippen molar-refractivity contribution in [2.75, 3.05) is 13.7 Å². The van der Waals surface area contributed by atoms with Crippen molar-refractivity contribution in [1.29, 1.82) is 0 Å². The van der Waals surface area contributed by atoms with Crippen LogP contribution >= 0.6 is 0 Å². The Labute approximate surface area is 127 Å². The number of ether oxygens (including phenoxy) is 1. The average molecular weight is 284 g/mol. The molecule has 1 atom stereocenters. The molecule has 0 spiro atoms. The van der Waals surface area contributed by atoms with Crippen molar-refractivity contribution in [3.05, 3.63) is 64.7 Å². The third-order valence-electron chi connectivity index (χ3n) is 3.85. The van der Waals surface area contributed by atoms with Crippen LogP contribution in [0.3, 0.4) is 0 Å². The van der Waals surface area contributed by atoms with Gasteiger partial charge in [-0.1, -0.05) is 47.5 Å². The molecule has 0 aromatic heterocycles. The number of methoxy groups -OCH3 is 1. The molecule has 1 N–H and O–H groups in total. The molecule has 2 nitrogen and oxygen atoms in total. The number of aryl methyl sites for hydroxylation is 2. The molecule has 0 amide bonds. The molecule has 2 aromatic rings. The highest BCUT2D eigenvalue weighted by molar-refractivity contribution is 5.37. The SMILES string of the molecule is COc1ccc(C)cc1CC(CO)Cc1ccc(C)cc1. The number of hydrogen-bond donors (Lipinski definition) is 1. The number of rotatable bonds is 6. The third kappa shape index (κ3) is 4.33. The summed E-state index contributed by atoms with van der Waals surface area (Å²) in [5.74, 6) is 1.12. The summed E-state index contributed by atoms with van der Waals surface area (Å²) in [4.78, 5) is 0. The fraction of sp³-hybridized carbons (Fsp3) is 0.368. The standard InChI is InChI=1S/C19H24O2/c1-14-4-7-16(8-5-14)11-17(13-20)12-18-10-15(2)6-9-19(18)21-3/h4-10,17,20H,11-13H2,1-3H3. The Balaban J connectivity index is 2.11. The van der Waals surface area contributed by atoms with Gasteiger partial charge in [-0.15, -0.1) is 0 Å². The molecule has 0 fully saturated rings. The minimum atomic E-state index is 0.185. The van der Waals surface area contributed by atoms with Crippen molar-refractivity contribution in [2.45, 2.75) is 26.7 Å². The van der Waals surface area contributed by atoms with E-state index in [-0.39, 0.29) is 12.5 Å². The lowest BCUT2D eigenvalue weighted by Crippen LogP contribution is -2.13. The van der Waals surface area contributed by atoms with Crippen LogP contribution in [0.5, 0.6) is 5.75 Å². The molecule has 0 aliphatic heterocycles. The lowest BCUT2D eigenvalue weighted by molar-refractivity contribution is 0.224. The zero-order valence-electron chi connectivity index (χ0n) is 13.1. The molecule has 0 bridgehead atoms. The molecule has 0 aliphatic rings. The van der Waals surface area contributed by atoms with E-state index in [0.717, 1.165) is 18.6 Å². The lowest BCUT2D eigenvalue weighted by Gasteiger charge is -2.17. The van der Waals surface area contributed by atoms with Gasteiger partial charge in [0.25, 0.3) is 0 Å². The largest absolute Gasteiger partial charge is 0.496 e. The fourth-order valence-electron chi connectivity index (χ4n) is 2.64. The van der Waals surface area contributed by atoms with Gasteiger partial charge < -0.3 is 9.84 Å². The molecule has 112 valence electrons. The van der Waals surface area contributed by atoms with Crippen molar-refractivity contribution < 1.29 is 9.84 Å². The minimum Gasteiger partial charge on any atom is -0.496 e. The summed E-state index contributed by atoms with van der Waals surface area (Å²) in [5, 5.41) is 9.70. The van der Waals surface area contributed by atoms with Gasteiger partial charge in [0.1, 0.15) is 5.75 Å². The van der Waals surface area contributed by atoms with Gasteiger partial charge in [0.15, 0.2) is 0 Å². The summed E-state index contributed by atoms with van der Waals surface area (Å²) in [5.41, 5.74) is 4.92. The Kier molecular flexibility index (Phi) is 5.40. The number of hydrogen-bond acceptors (Lipinski definition) is 2. The van der Waals surface area contributed by atoms with Gasteiger partial charge in [-0.3, -0.25) is 0 Å². The predicted molar refractivity (Wildman–Crippen MR) is 86.9 cm³/mol. The van der Waals surface area contributed by atoms with Crippen molar-refractivity contribution in [2.24, 2.45) is 5.92 Å². The van der Waals surface area contributed by atoms with Crippen LogP contribution in [0.2, 0.25) is 0 Å². The predicted octanol–water partition coefficient (Wildman–Crippen LogP) is 3.71. The Morgan fingerprint density at radius 2 is 1.62 bits per heavy atom. The van der Waals surface area contributed by atoms with Gasteiger partial charge in [-0.05, 0) is 49.8 Å². The Morgan fingerprint density at radius 1 is 0.952 bits per heavy atom. The van der Waals surface area contributed by atoms with Gasteiger partial charge in [0, 0.05) is 6.61 Å². The summed E-state index contributed by atoms with van der Waals surface area (Å²) < 4.78 is 5.43. The quantitative estimate of drug-likeness (QED) is 0.876. The van der Waals surface area contributed by atoms with Gasteiger partial charge in [-0.25, -0.2) is 0 Å². The normalized spacial score (nSPS) is 12.2. The number of aliphatic hydroxyl groups is 1. The maximum absolute atomic E-state index is 9.70. The molecular weight excluding hydrogens is 260 g/mol. The van der Waals surface area contributed by atoms with Crippen molar-refractivity contribution in [3.8, 4) is 5.75 Å². The maximum atomic E-state index is 9.70. The van der Waals surface area contributed by atoms with Crippen LogP contribution in [0.25, 0.3) is 0 Å². The Hall–Kier alpha value is -1.80. The molecule has 0 radical (unpaired) electrons. The zero-order chi connectivity index (χ0) is 15.2. The van der Waals surface area contributed by atoms with Crippen LogP contribution in [0, 0.1) is 19.8 Å². The van der Waals surface area contributed by atoms with Crippen molar-refractivity contribution in [3.63, 3.8) is 0 Å². The highest BCUT2D eigenvalue weighted by Crippen LogP contribution is 2.24. The second-order valence-corrected chi connectivity index (χ2v) is 5.76. The lowest BCUT2D eigenvalue weighted by atomic mass is 9.92. The molecule has 2 rings (SSSR count). The summed E-state index contributed by atoms with van der Waals surface area (Å²) in [6, 6.07) is 14.7. The van der Waals surface area contributed by atoms with E-state index in [1.165, 1.54) is 22.3 Å². The van der Waals surface area contributed by atoms with E-state index in [1.807, 2.05) is 6.07 Å². The van der Waals surface area contributed by atoms with Gasteiger partial charge in [0.05, 0.1) is 7.11 Å². The topological polar surface area (TPSA) is 29.5 Å². The van der Waals surface area contributed by atoms with Crippen LogP contribution in [0.4, 0.5) is 0 Å². The van der Waals surface area contributed by atoms with Crippen LogP contribution < -0.4 is 4.74 Å². The van der Waals surface area contributed by atoms with Gasteiger partial charge >= 0.3 is 0 Å². The smallest absolute Gasteiger partial charge is 0.122 e. The van der Waals surface area contributed by atoms with Gasteiger partial charge in [0.2, 0.25) is 0 Å². The second kappa shape index (κ2) is 7.28. The molecule has 1 unspecified atom stereocenters. The fourth-order valence-corrected chi connectivity index (χ4v) is 2.64. The van der Waals surface area contributed by atoms with Crippen LogP contribution in [-0.4, -0.2) is 18.8 Å². The number of benzene rings is 2. The monoisotopic (exact) mass is 284 g/mol. The molecule has 0 aliphatic carbocycles. The van der Waals surface area contributed by atoms with E-state index >= 15 is 0 Å². The van der Waals surface area contributed by atoms with E-state index in [1.54, 1.807) is 7.11 Å². The van der Waals surface area contributed by atoms with E-state index in [0.29, 0.717) is 0 Å². The summed E-state index contributed by atoms with van der Waals surface area (Å²) in [6.07, 6.45) is 1.71. The third-order valence-corrected chi connectivity index (χ3v) is 3.85. The van der Waals surface area contributed by atoms with E-state index in [9.17, 15) is 5.11 Å². The average Bonchev–Trinajstić information content (AvgIpc) is 2.49. The summed E-state index contributed by atoms with van der Waals surface area (Å²) >= 11 is 0. The highest BCUT2D eigenvalue weighted by Gasteiger charge is 2.13. The molecule has 0 heterocycles. The first-order valence-corrected chi connectivity index (χ1v) is 7.42. The van der Waals surface area contributed by atoms with Gasteiger partial charge in [-0.2, -0.15) is 0 Å². The van der Waals surface area contributed by atoms with Crippen LogP contribution in [-0.2, 0) is 12.8 Å². The van der Waals surface area contributed by atoms with Crippen molar-refractivity contribution in [1.82, 2.24) is 0 Å². The first-order chi connectivity index (χ1) is 10.1. The first-order valence-electron chi connectivity index (χ1n) is 7.42. The Bertz CT molecular complexity index is 573. The first kappa shape index (κ1) is 15.6. The summed E-state index contributed by atoms with van der Waals surface area (Å²) in [7, 11) is 1.70. The Morgan fingerprint density at radius 3 is 2.24 bits per heavy atom. The molecular formula is C19H24O2. The molecule has 2 heteroatoms. The zero-order valence-corrected chi connectivity index (χ0v) is 13.1. The van der Waals surface area contributed by atoms with E-state index in [4.69, 9.17) is 4.74 Å². The van der Waals surface area contributed by atoms with E-state index in [2.05, 4.69) is 50.2 Å². The number of aliphatic hydroxyl groups excluding tert-OH is 1. The molecule has 0 saturated heterocycles. The van der Waals surface area contributed by atoms with Crippen LogP contribution in [0.1, 0.15) is 22.3 Å². The molecule has 21 heavy (non-hydrogen) atoms.